The third kappa shape index (κ3) is 3.98. The molecule has 5 rings (SSSR count). The van der Waals surface area contributed by atoms with Gasteiger partial charge in [0.05, 0.1) is 0 Å². The monoisotopic (exact) mass is 479 g/mol. The molecule has 0 radical (unpaired) electrons. The molecular weight excluding hydrogens is 450 g/mol. The average molecular weight is 480 g/mol. The summed E-state index contributed by atoms with van der Waals surface area (Å²) in [6, 6.07) is 25.1. The minimum atomic E-state index is -1.13. The first-order valence-electron chi connectivity index (χ1n) is 12.1. The van der Waals surface area contributed by atoms with Gasteiger partial charge in [-0.15, -0.1) is 0 Å². The van der Waals surface area contributed by atoms with Gasteiger partial charge in [0.2, 0.25) is 11.8 Å². The van der Waals surface area contributed by atoms with E-state index < -0.39 is 17.4 Å². The van der Waals surface area contributed by atoms with Crippen LogP contribution in [-0.4, -0.2) is 22.6 Å². The van der Waals surface area contributed by atoms with Crippen molar-refractivity contribution in [3.63, 3.8) is 0 Å². The Kier molecular flexibility index (Phi) is 5.96. The Morgan fingerprint density at radius 2 is 1.67 bits per heavy atom. The third-order valence-corrected chi connectivity index (χ3v) is 7.19. The van der Waals surface area contributed by atoms with Gasteiger partial charge >= 0.3 is 0 Å². The van der Waals surface area contributed by atoms with E-state index in [-0.39, 0.29) is 24.1 Å². The quantitative estimate of drug-likeness (QED) is 0.356. The highest BCUT2D eigenvalue weighted by atomic mass is 16.2. The molecule has 1 aliphatic rings. The highest BCUT2D eigenvalue weighted by molar-refractivity contribution is 6.14. The summed E-state index contributed by atoms with van der Waals surface area (Å²) in [5.41, 5.74) is 4.12. The highest BCUT2D eigenvalue weighted by Gasteiger charge is 2.54. The van der Waals surface area contributed by atoms with E-state index in [9.17, 15) is 14.4 Å². The summed E-state index contributed by atoms with van der Waals surface area (Å²) in [5.74, 6) is -2.12. The van der Waals surface area contributed by atoms with Gasteiger partial charge < -0.3 is 15.6 Å². The van der Waals surface area contributed by atoms with Gasteiger partial charge in [0.1, 0.15) is 11.5 Å². The second kappa shape index (κ2) is 9.11. The summed E-state index contributed by atoms with van der Waals surface area (Å²) in [6.45, 7) is 5.56. The van der Waals surface area contributed by atoms with Gasteiger partial charge in [-0.05, 0) is 36.6 Å². The molecule has 2 unspecified atom stereocenters. The van der Waals surface area contributed by atoms with Gasteiger partial charge in [-0.25, -0.2) is 0 Å². The summed E-state index contributed by atoms with van der Waals surface area (Å²) in [4.78, 5) is 43.1. The van der Waals surface area contributed by atoms with Crippen molar-refractivity contribution >= 4 is 28.5 Å². The summed E-state index contributed by atoms with van der Waals surface area (Å²) in [6.07, 6.45) is 0. The number of amides is 2. The van der Waals surface area contributed by atoms with Gasteiger partial charge in [-0.3, -0.25) is 14.4 Å². The summed E-state index contributed by atoms with van der Waals surface area (Å²) < 4.78 is 0. The minimum absolute atomic E-state index is 0.148. The van der Waals surface area contributed by atoms with Crippen LogP contribution in [0.5, 0.6) is 0 Å². The first-order valence-corrected chi connectivity index (χ1v) is 12.1. The lowest BCUT2D eigenvalue weighted by atomic mass is 9.76. The van der Waals surface area contributed by atoms with Crippen molar-refractivity contribution in [2.24, 2.45) is 5.92 Å². The Hall–Kier alpha value is -4.19. The number of aromatic nitrogens is 1. The second-order valence-corrected chi connectivity index (χ2v) is 9.69. The van der Waals surface area contributed by atoms with E-state index in [0.717, 1.165) is 38.9 Å². The van der Waals surface area contributed by atoms with Crippen LogP contribution in [0.4, 0.5) is 0 Å². The zero-order valence-corrected chi connectivity index (χ0v) is 20.6. The predicted molar refractivity (Wildman–Crippen MR) is 139 cm³/mol. The molecule has 36 heavy (non-hydrogen) atoms. The van der Waals surface area contributed by atoms with Crippen LogP contribution in [0.2, 0.25) is 0 Å². The first-order chi connectivity index (χ1) is 17.3. The molecule has 6 nitrogen and oxygen atoms in total. The molecule has 1 aromatic heterocycles. The standard InChI is InChI=1S/C30H29N3O3/c1-18-14-15-22-23(17-31-19(2)34)27(32-24(22)16-18)25(20-10-6-4-7-11-20)26-28(35)30(3,33-29(26)36)21-12-8-5-9-13-21/h4-16,25-26,32H,17H2,1-3H3,(H,31,34)(H,33,36)/t25?,26?,30-/m1/s1. The lowest BCUT2D eigenvalue weighted by Gasteiger charge is -2.25. The third-order valence-electron chi connectivity index (χ3n) is 7.19. The number of fused-ring (bicyclic) bond motifs is 1. The Labute approximate surface area is 210 Å². The van der Waals surface area contributed by atoms with E-state index in [2.05, 4.69) is 15.6 Å². The summed E-state index contributed by atoms with van der Waals surface area (Å²) in [5, 5.41) is 6.88. The van der Waals surface area contributed by atoms with E-state index in [1.165, 1.54) is 6.92 Å². The number of aryl methyl sites for hydroxylation is 1. The summed E-state index contributed by atoms with van der Waals surface area (Å²) >= 11 is 0. The fourth-order valence-electron chi connectivity index (χ4n) is 5.35. The summed E-state index contributed by atoms with van der Waals surface area (Å²) in [7, 11) is 0. The van der Waals surface area contributed by atoms with Crippen LogP contribution in [0.1, 0.15) is 47.7 Å². The van der Waals surface area contributed by atoms with Crippen LogP contribution in [-0.2, 0) is 26.5 Å². The molecule has 1 saturated heterocycles. The van der Waals surface area contributed by atoms with Crippen LogP contribution in [0.25, 0.3) is 10.9 Å². The fraction of sp³-hybridized carbons (Fsp3) is 0.233. The van der Waals surface area contributed by atoms with Crippen molar-refractivity contribution in [2.75, 3.05) is 0 Å². The number of carbonyl (C=O) groups is 3. The Bertz CT molecular complexity index is 1460. The number of hydrogen-bond acceptors (Lipinski definition) is 3. The number of rotatable bonds is 6. The maximum Gasteiger partial charge on any atom is 0.232 e. The van der Waals surface area contributed by atoms with Gasteiger partial charge in [0.15, 0.2) is 5.78 Å². The van der Waals surface area contributed by atoms with Gasteiger partial charge in [0, 0.05) is 41.5 Å². The molecule has 1 aliphatic heterocycles. The smallest absolute Gasteiger partial charge is 0.232 e. The molecule has 3 atom stereocenters. The molecule has 3 N–H and O–H groups in total. The number of ketones is 1. The molecule has 2 heterocycles. The number of hydrogen-bond donors (Lipinski definition) is 3. The molecule has 0 saturated carbocycles. The van der Waals surface area contributed by atoms with Crippen molar-refractivity contribution in [1.29, 1.82) is 0 Å². The predicted octanol–water partition coefficient (Wildman–Crippen LogP) is 4.47. The number of H-pyrrole nitrogens is 1. The second-order valence-electron chi connectivity index (χ2n) is 9.69. The number of Topliss-reactive ketones (excluding diaryl/α,β-unsaturated/α-hetero) is 1. The van der Waals surface area contributed by atoms with E-state index in [0.29, 0.717) is 0 Å². The number of benzene rings is 3. The molecule has 1 fully saturated rings. The topological polar surface area (TPSA) is 91.1 Å². The average Bonchev–Trinajstić information content (AvgIpc) is 3.33. The van der Waals surface area contributed by atoms with E-state index in [1.807, 2.05) is 85.8 Å². The van der Waals surface area contributed by atoms with E-state index >= 15 is 0 Å². The fourth-order valence-corrected chi connectivity index (χ4v) is 5.35. The first kappa shape index (κ1) is 23.5. The lowest BCUT2D eigenvalue weighted by Crippen LogP contribution is -2.40. The zero-order valence-electron chi connectivity index (χ0n) is 20.6. The van der Waals surface area contributed by atoms with Crippen LogP contribution >= 0.6 is 0 Å². The molecular formula is C30H29N3O3. The molecule has 0 aliphatic carbocycles. The van der Waals surface area contributed by atoms with Gasteiger partial charge in [-0.1, -0.05) is 72.8 Å². The maximum absolute atomic E-state index is 14.1. The van der Waals surface area contributed by atoms with Gasteiger partial charge in [-0.2, -0.15) is 0 Å². The van der Waals surface area contributed by atoms with Crippen LogP contribution in [0.15, 0.2) is 78.9 Å². The van der Waals surface area contributed by atoms with Crippen molar-refractivity contribution in [3.8, 4) is 0 Å². The number of nitrogens with one attached hydrogen (secondary N) is 3. The normalized spacial score (nSPS) is 20.4. The Balaban J connectivity index is 1.70. The highest BCUT2D eigenvalue weighted by Crippen LogP contribution is 2.43. The van der Waals surface area contributed by atoms with Crippen LogP contribution < -0.4 is 10.6 Å². The molecule has 3 aromatic carbocycles. The van der Waals surface area contributed by atoms with Crippen LogP contribution in [0, 0.1) is 12.8 Å². The van der Waals surface area contributed by atoms with Crippen molar-refractivity contribution < 1.29 is 14.4 Å². The Morgan fingerprint density at radius 3 is 2.33 bits per heavy atom. The molecule has 6 heteroatoms. The molecule has 0 bridgehead atoms. The van der Waals surface area contributed by atoms with E-state index in [1.54, 1.807) is 6.92 Å². The maximum atomic E-state index is 14.1. The van der Waals surface area contributed by atoms with Crippen LogP contribution in [0.3, 0.4) is 0 Å². The molecule has 0 spiro atoms. The Morgan fingerprint density at radius 1 is 1.00 bits per heavy atom. The van der Waals surface area contributed by atoms with Crippen molar-refractivity contribution in [1.82, 2.24) is 15.6 Å². The SMILES string of the molecule is CC(=O)NCc1c(C(c2ccccc2)C2C(=O)N[C@](C)(c3ccccc3)C2=O)[nH]c2cc(C)ccc12. The molecule has 2 amide bonds. The zero-order chi connectivity index (χ0) is 25.4. The van der Waals surface area contributed by atoms with Gasteiger partial charge in [0.25, 0.3) is 0 Å². The van der Waals surface area contributed by atoms with Crippen molar-refractivity contribution in [3.05, 3.63) is 107 Å². The minimum Gasteiger partial charge on any atom is -0.358 e. The molecule has 182 valence electrons. The van der Waals surface area contributed by atoms with E-state index in [4.69, 9.17) is 0 Å². The van der Waals surface area contributed by atoms with Crippen molar-refractivity contribution in [2.45, 2.75) is 38.8 Å². The lowest BCUT2D eigenvalue weighted by molar-refractivity contribution is -0.129. The largest absolute Gasteiger partial charge is 0.358 e. The number of carbonyl (C=O) groups excluding carboxylic acids is 3. The molecule has 4 aromatic rings. The number of aromatic amines is 1.